The lowest BCUT2D eigenvalue weighted by molar-refractivity contribution is 0.102. The second kappa shape index (κ2) is 8.81. The van der Waals surface area contributed by atoms with E-state index in [1.807, 2.05) is 29.6 Å². The summed E-state index contributed by atoms with van der Waals surface area (Å²) in [5.41, 5.74) is 2.38. The van der Waals surface area contributed by atoms with Gasteiger partial charge in [-0.1, -0.05) is 6.42 Å². The van der Waals surface area contributed by atoms with Crippen LogP contribution in [0, 0.1) is 0 Å². The first kappa shape index (κ1) is 19.0. The lowest BCUT2D eigenvalue weighted by atomic mass is 10.1. The highest BCUT2D eigenvalue weighted by Gasteiger charge is 2.16. The molecule has 1 amide bonds. The van der Waals surface area contributed by atoms with Crippen LogP contribution in [-0.4, -0.2) is 41.0 Å². The molecule has 1 N–H and O–H groups in total. The van der Waals surface area contributed by atoms with Crippen molar-refractivity contribution in [2.45, 2.75) is 25.8 Å². The van der Waals surface area contributed by atoms with Crippen LogP contribution >= 0.6 is 22.7 Å². The Morgan fingerprint density at radius 1 is 1.11 bits per heavy atom. The maximum absolute atomic E-state index is 12.5. The van der Waals surface area contributed by atoms with Gasteiger partial charge in [-0.15, -0.1) is 22.7 Å². The van der Waals surface area contributed by atoms with E-state index in [1.165, 1.54) is 41.9 Å². The standard InChI is InChI=1S/C20H22N4O2S2/c1-26-16-7-5-14(6-8-16)19-22-17(13-27-19)18(25)23-20-21-15(12-28-20)11-24-9-3-2-4-10-24/h5-8,12-13H,2-4,9-11H2,1H3,(H,21,23,25). The smallest absolute Gasteiger partial charge is 0.276 e. The van der Waals surface area contributed by atoms with Crippen molar-refractivity contribution < 1.29 is 9.53 Å². The summed E-state index contributed by atoms with van der Waals surface area (Å²) in [5, 5.41) is 8.09. The third-order valence-electron chi connectivity index (χ3n) is 4.68. The van der Waals surface area contributed by atoms with Gasteiger partial charge in [0, 0.05) is 22.9 Å². The largest absolute Gasteiger partial charge is 0.497 e. The minimum atomic E-state index is -0.227. The molecule has 146 valence electrons. The van der Waals surface area contributed by atoms with Crippen molar-refractivity contribution in [3.8, 4) is 16.3 Å². The van der Waals surface area contributed by atoms with E-state index in [4.69, 9.17) is 4.74 Å². The van der Waals surface area contributed by atoms with Crippen molar-refractivity contribution in [3.63, 3.8) is 0 Å². The average Bonchev–Trinajstić information content (AvgIpc) is 3.39. The molecule has 0 bridgehead atoms. The van der Waals surface area contributed by atoms with Crippen LogP contribution in [0.4, 0.5) is 5.13 Å². The normalized spacial score (nSPS) is 14.8. The van der Waals surface area contributed by atoms with Crippen LogP contribution in [0.2, 0.25) is 0 Å². The van der Waals surface area contributed by atoms with Gasteiger partial charge in [0.2, 0.25) is 0 Å². The number of anilines is 1. The van der Waals surface area contributed by atoms with E-state index in [9.17, 15) is 4.79 Å². The molecule has 0 radical (unpaired) electrons. The van der Waals surface area contributed by atoms with Crippen molar-refractivity contribution >= 4 is 33.7 Å². The van der Waals surface area contributed by atoms with E-state index in [0.717, 1.165) is 41.6 Å². The number of thiazole rings is 2. The molecule has 0 saturated carbocycles. The third kappa shape index (κ3) is 4.57. The van der Waals surface area contributed by atoms with E-state index in [2.05, 4.69) is 20.2 Å². The summed E-state index contributed by atoms with van der Waals surface area (Å²) in [6.07, 6.45) is 3.84. The summed E-state index contributed by atoms with van der Waals surface area (Å²) < 4.78 is 5.17. The summed E-state index contributed by atoms with van der Waals surface area (Å²) in [6, 6.07) is 7.64. The monoisotopic (exact) mass is 414 g/mol. The molecule has 0 unspecified atom stereocenters. The molecule has 6 nitrogen and oxygen atoms in total. The molecule has 1 aliphatic rings. The molecule has 0 spiro atoms. The molecule has 28 heavy (non-hydrogen) atoms. The number of rotatable bonds is 6. The number of nitrogens with one attached hydrogen (secondary N) is 1. The van der Waals surface area contributed by atoms with E-state index >= 15 is 0 Å². The minimum Gasteiger partial charge on any atom is -0.497 e. The Labute approximate surface area is 172 Å². The fraction of sp³-hybridized carbons (Fsp3) is 0.350. The van der Waals surface area contributed by atoms with Crippen LogP contribution in [0.25, 0.3) is 10.6 Å². The zero-order valence-electron chi connectivity index (χ0n) is 15.7. The van der Waals surface area contributed by atoms with Crippen LogP contribution in [0.15, 0.2) is 35.0 Å². The lowest BCUT2D eigenvalue weighted by Crippen LogP contribution is -2.29. The van der Waals surface area contributed by atoms with E-state index in [-0.39, 0.29) is 5.91 Å². The van der Waals surface area contributed by atoms with Crippen LogP contribution in [0.5, 0.6) is 5.75 Å². The molecule has 0 atom stereocenters. The van der Waals surface area contributed by atoms with Gasteiger partial charge in [0.05, 0.1) is 12.8 Å². The molecular formula is C20H22N4O2S2. The van der Waals surface area contributed by atoms with E-state index < -0.39 is 0 Å². The van der Waals surface area contributed by atoms with Crippen molar-refractivity contribution in [3.05, 3.63) is 46.4 Å². The van der Waals surface area contributed by atoms with Gasteiger partial charge in [-0.05, 0) is 50.2 Å². The van der Waals surface area contributed by atoms with Crippen LogP contribution in [-0.2, 0) is 6.54 Å². The van der Waals surface area contributed by atoms with Crippen LogP contribution in [0.1, 0.15) is 35.4 Å². The summed E-state index contributed by atoms with van der Waals surface area (Å²) in [4.78, 5) is 24.0. The van der Waals surface area contributed by atoms with Crippen molar-refractivity contribution in [2.75, 3.05) is 25.5 Å². The molecule has 1 fully saturated rings. The quantitative estimate of drug-likeness (QED) is 0.643. The maximum atomic E-state index is 12.5. The summed E-state index contributed by atoms with van der Waals surface area (Å²) >= 11 is 2.91. The van der Waals surface area contributed by atoms with Gasteiger partial charge in [-0.25, -0.2) is 9.97 Å². The Balaban J connectivity index is 1.38. The van der Waals surface area contributed by atoms with Crippen molar-refractivity contribution in [1.29, 1.82) is 0 Å². The number of benzene rings is 1. The van der Waals surface area contributed by atoms with Crippen molar-refractivity contribution in [2.24, 2.45) is 0 Å². The fourth-order valence-electron chi connectivity index (χ4n) is 3.19. The lowest BCUT2D eigenvalue weighted by Gasteiger charge is -2.25. The number of carbonyl (C=O) groups is 1. The van der Waals surface area contributed by atoms with E-state index in [1.54, 1.807) is 12.5 Å². The molecular weight excluding hydrogens is 392 g/mol. The number of carbonyl (C=O) groups excluding carboxylic acids is 1. The minimum absolute atomic E-state index is 0.227. The summed E-state index contributed by atoms with van der Waals surface area (Å²) in [6.45, 7) is 3.11. The number of likely N-dealkylation sites (tertiary alicyclic amines) is 1. The Bertz CT molecular complexity index is 930. The molecule has 3 aromatic rings. The Kier molecular flexibility index (Phi) is 5.99. The fourth-order valence-corrected chi connectivity index (χ4v) is 4.69. The second-order valence-electron chi connectivity index (χ2n) is 6.70. The van der Waals surface area contributed by atoms with Gasteiger partial charge in [0.15, 0.2) is 5.13 Å². The molecule has 1 aliphatic heterocycles. The second-order valence-corrected chi connectivity index (χ2v) is 8.42. The molecule has 2 aromatic heterocycles. The number of hydrogen-bond acceptors (Lipinski definition) is 7. The van der Waals surface area contributed by atoms with Crippen LogP contribution in [0.3, 0.4) is 0 Å². The Morgan fingerprint density at radius 3 is 2.64 bits per heavy atom. The topological polar surface area (TPSA) is 67.3 Å². The zero-order valence-corrected chi connectivity index (χ0v) is 17.3. The van der Waals surface area contributed by atoms with Gasteiger partial charge in [0.25, 0.3) is 5.91 Å². The predicted molar refractivity (Wildman–Crippen MR) is 113 cm³/mol. The molecule has 1 aromatic carbocycles. The molecule has 0 aliphatic carbocycles. The number of piperidine rings is 1. The van der Waals surface area contributed by atoms with Gasteiger partial charge >= 0.3 is 0 Å². The van der Waals surface area contributed by atoms with Gasteiger partial charge in [-0.2, -0.15) is 0 Å². The zero-order chi connectivity index (χ0) is 19.3. The number of methoxy groups -OCH3 is 1. The number of amides is 1. The number of nitrogens with zero attached hydrogens (tertiary/aromatic N) is 3. The van der Waals surface area contributed by atoms with Gasteiger partial charge < -0.3 is 4.74 Å². The molecule has 4 rings (SSSR count). The van der Waals surface area contributed by atoms with Gasteiger partial charge in [-0.3, -0.25) is 15.0 Å². The third-order valence-corrected chi connectivity index (χ3v) is 6.38. The number of aromatic nitrogens is 2. The molecule has 8 heteroatoms. The Hall–Kier alpha value is -2.29. The SMILES string of the molecule is COc1ccc(-c2nc(C(=O)Nc3nc(CN4CCCCC4)cs3)cs2)cc1. The summed E-state index contributed by atoms with van der Waals surface area (Å²) in [7, 11) is 1.64. The first-order valence-corrected chi connectivity index (χ1v) is 11.1. The van der Waals surface area contributed by atoms with E-state index in [0.29, 0.717) is 10.8 Å². The van der Waals surface area contributed by atoms with Gasteiger partial charge in [0.1, 0.15) is 16.5 Å². The predicted octanol–water partition coefficient (Wildman–Crippen LogP) is 4.51. The first-order valence-electron chi connectivity index (χ1n) is 9.29. The number of ether oxygens (including phenoxy) is 1. The molecule has 1 saturated heterocycles. The van der Waals surface area contributed by atoms with Crippen LogP contribution < -0.4 is 10.1 Å². The van der Waals surface area contributed by atoms with Crippen molar-refractivity contribution in [1.82, 2.24) is 14.9 Å². The number of hydrogen-bond donors (Lipinski definition) is 1. The molecule has 3 heterocycles. The summed E-state index contributed by atoms with van der Waals surface area (Å²) in [5.74, 6) is 0.567. The highest BCUT2D eigenvalue weighted by Crippen LogP contribution is 2.26. The highest BCUT2D eigenvalue weighted by molar-refractivity contribution is 7.14. The Morgan fingerprint density at radius 2 is 1.89 bits per heavy atom. The average molecular weight is 415 g/mol. The highest BCUT2D eigenvalue weighted by atomic mass is 32.1. The maximum Gasteiger partial charge on any atom is 0.276 e. The first-order chi connectivity index (χ1) is 13.7.